The Labute approximate surface area is 82.2 Å². The van der Waals surface area contributed by atoms with Gasteiger partial charge < -0.3 is 0 Å². The predicted molar refractivity (Wildman–Crippen MR) is 54.1 cm³/mol. The molecule has 2 aromatic rings. The second-order valence-corrected chi connectivity index (χ2v) is 4.15. The van der Waals surface area contributed by atoms with Crippen LogP contribution in [0.4, 0.5) is 5.69 Å². The van der Waals surface area contributed by atoms with E-state index in [1.165, 1.54) is 11.9 Å². The normalized spacial score (nSPS) is 18.7. The molecule has 0 saturated heterocycles. The zero-order valence-electron chi connectivity index (χ0n) is 7.04. The largest absolute Gasteiger partial charge is 0.248 e. The van der Waals surface area contributed by atoms with Crippen LogP contribution >= 0.6 is 0 Å². The highest BCUT2D eigenvalue weighted by Gasteiger charge is 2.16. The second-order valence-electron chi connectivity index (χ2n) is 2.90. The van der Waals surface area contributed by atoms with E-state index in [-0.39, 0.29) is 0 Å². The van der Waals surface area contributed by atoms with Gasteiger partial charge in [-0.2, -0.15) is 0 Å². The average Bonchev–Trinajstić information content (AvgIpc) is 2.61. The minimum Gasteiger partial charge on any atom is -0.248 e. The van der Waals surface area contributed by atoms with Gasteiger partial charge in [0.1, 0.15) is 6.33 Å². The minimum atomic E-state index is -1.10. The Morgan fingerprint density at radius 1 is 1.29 bits per heavy atom. The Bertz CT molecular complexity index is 579. The third kappa shape index (κ3) is 0.927. The second kappa shape index (κ2) is 2.68. The van der Waals surface area contributed by atoms with Crippen molar-refractivity contribution in [3.63, 3.8) is 0 Å². The van der Waals surface area contributed by atoms with Crippen LogP contribution in [0.2, 0.25) is 0 Å². The van der Waals surface area contributed by atoms with Crippen LogP contribution in [0.15, 0.2) is 34.5 Å². The molecular weight excluding hydrogens is 198 g/mol. The molecule has 0 fully saturated rings. The molecule has 4 nitrogen and oxygen atoms in total. The summed E-state index contributed by atoms with van der Waals surface area (Å²) in [6.45, 7) is 0. The fourth-order valence-corrected chi connectivity index (χ4v) is 2.34. The first kappa shape index (κ1) is 7.75. The Kier molecular flexibility index (Phi) is 1.49. The summed E-state index contributed by atoms with van der Waals surface area (Å²) in [6.07, 6.45) is 3.19. The van der Waals surface area contributed by atoms with Crippen molar-refractivity contribution in [3.8, 4) is 0 Å². The molecule has 0 amide bonds. The highest BCUT2D eigenvalue weighted by molar-refractivity contribution is 7.99. The van der Waals surface area contributed by atoms with Crippen molar-refractivity contribution in [2.24, 2.45) is 4.99 Å². The van der Waals surface area contributed by atoms with Gasteiger partial charge in [0.05, 0.1) is 32.4 Å². The number of hydrogen-bond acceptors (Lipinski definition) is 4. The lowest BCUT2D eigenvalue weighted by Crippen LogP contribution is -1.86. The van der Waals surface area contributed by atoms with Crippen LogP contribution in [0.5, 0.6) is 0 Å². The lowest BCUT2D eigenvalue weighted by Gasteiger charge is -1.99. The molecule has 1 atom stereocenters. The maximum atomic E-state index is 11.4. The van der Waals surface area contributed by atoms with Gasteiger partial charge in [-0.3, -0.25) is 0 Å². The molecule has 14 heavy (non-hydrogen) atoms. The lowest BCUT2D eigenvalue weighted by molar-refractivity contribution is 0.691. The minimum absolute atomic E-state index is 0.737. The van der Waals surface area contributed by atoms with Crippen LogP contribution in [-0.4, -0.2) is 19.7 Å². The molecular formula is C9H5N3OS. The smallest absolute Gasteiger partial charge is 0.116 e. The molecule has 0 spiro atoms. The fourth-order valence-electron chi connectivity index (χ4n) is 1.47. The van der Waals surface area contributed by atoms with E-state index in [4.69, 9.17) is 0 Å². The molecule has 2 heterocycles. The van der Waals surface area contributed by atoms with Crippen LogP contribution < -0.4 is 0 Å². The van der Waals surface area contributed by atoms with E-state index in [1.54, 1.807) is 12.3 Å². The number of rotatable bonds is 0. The Hall–Kier alpha value is -1.62. The van der Waals surface area contributed by atoms with Crippen molar-refractivity contribution in [2.75, 3.05) is 0 Å². The average molecular weight is 203 g/mol. The molecule has 1 aliphatic heterocycles. The summed E-state index contributed by atoms with van der Waals surface area (Å²) in [5.41, 5.74) is 3.01. The predicted octanol–water partition coefficient (Wildman–Crippen LogP) is 1.41. The summed E-state index contributed by atoms with van der Waals surface area (Å²) in [5.74, 6) is 0. The Balaban J connectivity index is 2.49. The van der Waals surface area contributed by atoms with Crippen LogP contribution in [-0.2, 0) is 10.8 Å². The van der Waals surface area contributed by atoms with E-state index in [1.807, 2.05) is 6.07 Å². The molecule has 68 valence electrons. The quantitative estimate of drug-likeness (QED) is 0.650. The third-order valence-electron chi connectivity index (χ3n) is 2.12. The number of fused-ring (bicyclic) bond motifs is 3. The highest BCUT2D eigenvalue weighted by atomic mass is 32.2. The summed E-state index contributed by atoms with van der Waals surface area (Å²) < 4.78 is 11.4. The number of nitrogens with zero attached hydrogens (tertiary/aromatic N) is 3. The van der Waals surface area contributed by atoms with E-state index in [0.717, 1.165) is 21.5 Å². The van der Waals surface area contributed by atoms with Gasteiger partial charge in [-0.25, -0.2) is 19.2 Å². The molecule has 0 aliphatic carbocycles. The number of aromatic nitrogens is 2. The zero-order chi connectivity index (χ0) is 9.54. The number of hydrogen-bond donors (Lipinski definition) is 0. The van der Waals surface area contributed by atoms with E-state index < -0.39 is 10.8 Å². The zero-order valence-corrected chi connectivity index (χ0v) is 7.86. The molecule has 0 N–H and O–H groups in total. The monoisotopic (exact) mass is 203 g/mol. The van der Waals surface area contributed by atoms with Crippen molar-refractivity contribution >= 4 is 32.9 Å². The van der Waals surface area contributed by atoms with Gasteiger partial charge in [-0.15, -0.1) is 0 Å². The van der Waals surface area contributed by atoms with E-state index >= 15 is 0 Å². The SMILES string of the molecule is O=S1C=Nc2c1ccc1ncncc21. The molecule has 1 aliphatic rings. The summed E-state index contributed by atoms with van der Waals surface area (Å²) in [7, 11) is -1.10. The van der Waals surface area contributed by atoms with E-state index in [9.17, 15) is 4.21 Å². The Morgan fingerprint density at radius 3 is 3.14 bits per heavy atom. The summed E-state index contributed by atoms with van der Waals surface area (Å²) >= 11 is 0. The summed E-state index contributed by atoms with van der Waals surface area (Å²) in [4.78, 5) is 12.9. The van der Waals surface area contributed by atoms with Crippen molar-refractivity contribution < 1.29 is 4.21 Å². The van der Waals surface area contributed by atoms with Crippen molar-refractivity contribution in [2.45, 2.75) is 4.90 Å². The maximum Gasteiger partial charge on any atom is 0.116 e. The van der Waals surface area contributed by atoms with Gasteiger partial charge in [-0.1, -0.05) is 0 Å². The van der Waals surface area contributed by atoms with Gasteiger partial charge >= 0.3 is 0 Å². The molecule has 0 bridgehead atoms. The van der Waals surface area contributed by atoms with Gasteiger partial charge in [0.25, 0.3) is 0 Å². The molecule has 1 aromatic carbocycles. The van der Waals surface area contributed by atoms with Gasteiger partial charge in [0.2, 0.25) is 0 Å². The molecule has 1 aromatic heterocycles. The fraction of sp³-hybridized carbons (Fsp3) is 0. The lowest BCUT2D eigenvalue weighted by atomic mass is 10.2. The van der Waals surface area contributed by atoms with Gasteiger partial charge in [-0.05, 0) is 12.1 Å². The number of benzene rings is 1. The van der Waals surface area contributed by atoms with Crippen molar-refractivity contribution in [3.05, 3.63) is 24.7 Å². The molecule has 0 saturated carbocycles. The van der Waals surface area contributed by atoms with Crippen LogP contribution in [0, 0.1) is 0 Å². The third-order valence-corrected chi connectivity index (χ3v) is 3.18. The first-order chi connectivity index (χ1) is 6.86. The topological polar surface area (TPSA) is 55.2 Å². The maximum absolute atomic E-state index is 11.4. The first-order valence-electron chi connectivity index (χ1n) is 4.04. The number of aliphatic imine (C=N–C) groups is 1. The van der Waals surface area contributed by atoms with Crippen molar-refractivity contribution in [1.82, 2.24) is 9.97 Å². The molecule has 0 radical (unpaired) electrons. The van der Waals surface area contributed by atoms with Crippen LogP contribution in [0.25, 0.3) is 10.9 Å². The molecule has 1 unspecified atom stereocenters. The molecule has 3 rings (SSSR count). The highest BCUT2D eigenvalue weighted by Crippen LogP contribution is 2.33. The summed E-state index contributed by atoms with van der Waals surface area (Å²) in [6, 6.07) is 3.64. The Morgan fingerprint density at radius 2 is 2.21 bits per heavy atom. The standard InChI is InChI=1S/C9H5N3OS/c13-14-5-12-9-6-3-10-4-11-7(6)1-2-8(9)14/h1-5H. The van der Waals surface area contributed by atoms with Gasteiger partial charge in [0.15, 0.2) is 0 Å². The van der Waals surface area contributed by atoms with E-state index in [2.05, 4.69) is 15.0 Å². The molecule has 5 heteroatoms. The van der Waals surface area contributed by atoms with E-state index in [0.29, 0.717) is 0 Å². The summed E-state index contributed by atoms with van der Waals surface area (Å²) in [5, 5.41) is 0.854. The van der Waals surface area contributed by atoms with Crippen LogP contribution in [0.3, 0.4) is 0 Å². The first-order valence-corrected chi connectivity index (χ1v) is 5.25. The van der Waals surface area contributed by atoms with Crippen LogP contribution in [0.1, 0.15) is 0 Å². The van der Waals surface area contributed by atoms with Gasteiger partial charge in [0, 0.05) is 11.6 Å². The van der Waals surface area contributed by atoms with Crippen molar-refractivity contribution in [1.29, 1.82) is 0 Å².